The van der Waals surface area contributed by atoms with E-state index >= 15 is 0 Å². The van der Waals surface area contributed by atoms with Gasteiger partial charge in [0.1, 0.15) is 0 Å². The van der Waals surface area contributed by atoms with Crippen LogP contribution in [0.5, 0.6) is 0 Å². The lowest BCUT2D eigenvalue weighted by atomic mass is 9.89. The number of nitrogens with one attached hydrogen (secondary N) is 1. The maximum atomic E-state index is 6.07. The number of hydrogen-bond acceptors (Lipinski definition) is 1. The van der Waals surface area contributed by atoms with Crippen LogP contribution in [0.4, 0.5) is 5.69 Å². The number of hydrogen-bond donors (Lipinski definition) is 1. The van der Waals surface area contributed by atoms with Crippen molar-refractivity contribution in [3.05, 3.63) is 64.2 Å². The van der Waals surface area contributed by atoms with Crippen LogP contribution < -0.4 is 5.32 Å². The van der Waals surface area contributed by atoms with Crippen LogP contribution in [0.3, 0.4) is 0 Å². The monoisotopic (exact) mass is 271 g/mol. The van der Waals surface area contributed by atoms with Gasteiger partial charge in [0.25, 0.3) is 0 Å². The number of anilines is 1. The number of rotatable bonds is 2. The molecule has 0 bridgehead atoms. The molecule has 1 nitrogen and oxygen atoms in total. The van der Waals surface area contributed by atoms with Gasteiger partial charge in [0.05, 0.1) is 0 Å². The van der Waals surface area contributed by atoms with Crippen LogP contribution in [-0.4, -0.2) is 6.54 Å². The number of fused-ring (bicyclic) bond motifs is 1. The molecule has 1 N–H and O–H groups in total. The second-order valence-electron chi connectivity index (χ2n) is 5.44. The van der Waals surface area contributed by atoms with Crippen molar-refractivity contribution in [2.45, 2.75) is 19.8 Å². The Kier molecular flexibility index (Phi) is 3.48. The van der Waals surface area contributed by atoms with Gasteiger partial charge >= 0.3 is 0 Å². The number of halogens is 1. The van der Waals surface area contributed by atoms with Gasteiger partial charge in [-0.3, -0.25) is 0 Å². The molecule has 1 atom stereocenters. The van der Waals surface area contributed by atoms with Gasteiger partial charge in [-0.1, -0.05) is 41.4 Å². The van der Waals surface area contributed by atoms with Gasteiger partial charge in [-0.25, -0.2) is 0 Å². The van der Waals surface area contributed by atoms with Gasteiger partial charge < -0.3 is 5.32 Å². The first kappa shape index (κ1) is 12.6. The minimum absolute atomic E-state index is 0.647. The third kappa shape index (κ3) is 2.93. The summed E-state index contributed by atoms with van der Waals surface area (Å²) in [5.41, 5.74) is 5.32. The van der Waals surface area contributed by atoms with E-state index in [2.05, 4.69) is 48.6 Å². The second kappa shape index (κ2) is 5.26. The van der Waals surface area contributed by atoms with Crippen LogP contribution in [0.2, 0.25) is 5.02 Å². The van der Waals surface area contributed by atoms with Crippen LogP contribution >= 0.6 is 11.6 Å². The largest absolute Gasteiger partial charge is 0.385 e. The maximum Gasteiger partial charge on any atom is 0.0410 e. The SMILES string of the molecule is Cc1ccc(CC2CNc3ccc(Cl)cc3C2)cc1. The van der Waals surface area contributed by atoms with E-state index in [9.17, 15) is 0 Å². The molecule has 0 aromatic heterocycles. The van der Waals surface area contributed by atoms with E-state index in [1.54, 1.807) is 0 Å². The molecule has 0 saturated heterocycles. The van der Waals surface area contributed by atoms with Crippen LogP contribution in [0.1, 0.15) is 16.7 Å². The Bertz CT molecular complexity index is 574. The van der Waals surface area contributed by atoms with Gasteiger partial charge in [-0.05, 0) is 55.0 Å². The Morgan fingerprint density at radius 3 is 2.74 bits per heavy atom. The third-order valence-corrected chi connectivity index (χ3v) is 4.04. The Balaban J connectivity index is 1.73. The summed E-state index contributed by atoms with van der Waals surface area (Å²) in [5.74, 6) is 0.647. The highest BCUT2D eigenvalue weighted by Crippen LogP contribution is 2.29. The summed E-state index contributed by atoms with van der Waals surface area (Å²) in [4.78, 5) is 0. The van der Waals surface area contributed by atoms with Gasteiger partial charge in [0.2, 0.25) is 0 Å². The zero-order valence-corrected chi connectivity index (χ0v) is 11.9. The minimum Gasteiger partial charge on any atom is -0.385 e. The first-order chi connectivity index (χ1) is 9.20. The van der Waals surface area contributed by atoms with Crippen LogP contribution in [0.25, 0.3) is 0 Å². The molecule has 1 unspecified atom stereocenters. The highest BCUT2D eigenvalue weighted by atomic mass is 35.5. The molecule has 0 aliphatic carbocycles. The Morgan fingerprint density at radius 1 is 1.16 bits per heavy atom. The quantitative estimate of drug-likeness (QED) is 0.849. The molecule has 1 aliphatic heterocycles. The zero-order valence-electron chi connectivity index (χ0n) is 11.1. The highest BCUT2D eigenvalue weighted by molar-refractivity contribution is 6.30. The Hall–Kier alpha value is -1.47. The van der Waals surface area contributed by atoms with E-state index in [0.717, 1.165) is 24.4 Å². The summed E-state index contributed by atoms with van der Waals surface area (Å²) < 4.78 is 0. The Morgan fingerprint density at radius 2 is 1.95 bits per heavy atom. The van der Waals surface area contributed by atoms with Crippen molar-refractivity contribution in [2.75, 3.05) is 11.9 Å². The normalized spacial score (nSPS) is 17.7. The molecular weight excluding hydrogens is 254 g/mol. The summed E-state index contributed by atoms with van der Waals surface area (Å²) in [5, 5.41) is 4.34. The summed E-state index contributed by atoms with van der Waals surface area (Å²) in [6.45, 7) is 3.17. The molecule has 2 heteroatoms. The van der Waals surface area contributed by atoms with Gasteiger partial charge in [0, 0.05) is 17.3 Å². The van der Waals surface area contributed by atoms with E-state index in [-0.39, 0.29) is 0 Å². The molecule has 0 saturated carbocycles. The fraction of sp³-hybridized carbons (Fsp3) is 0.294. The summed E-state index contributed by atoms with van der Waals surface area (Å²) in [6, 6.07) is 15.0. The minimum atomic E-state index is 0.647. The van der Waals surface area contributed by atoms with Gasteiger partial charge in [0.15, 0.2) is 0 Å². The van der Waals surface area contributed by atoms with Gasteiger partial charge in [-0.2, -0.15) is 0 Å². The first-order valence-corrected chi connectivity index (χ1v) is 7.16. The van der Waals surface area contributed by atoms with Crippen LogP contribution in [-0.2, 0) is 12.8 Å². The zero-order chi connectivity index (χ0) is 13.2. The van der Waals surface area contributed by atoms with Crippen LogP contribution in [0.15, 0.2) is 42.5 Å². The van der Waals surface area contributed by atoms with Gasteiger partial charge in [-0.15, -0.1) is 0 Å². The summed E-state index contributed by atoms with van der Waals surface area (Å²) in [6.07, 6.45) is 2.23. The van der Waals surface area contributed by atoms with Crippen molar-refractivity contribution < 1.29 is 0 Å². The molecule has 3 rings (SSSR count). The summed E-state index contributed by atoms with van der Waals surface area (Å²) >= 11 is 6.07. The average molecular weight is 272 g/mol. The van der Waals surface area contributed by atoms with E-state index in [4.69, 9.17) is 11.6 Å². The molecule has 2 aromatic carbocycles. The standard InChI is InChI=1S/C17H18ClN/c1-12-2-4-13(5-3-12)8-14-9-15-10-16(18)6-7-17(15)19-11-14/h2-7,10,14,19H,8-9,11H2,1H3. The van der Waals surface area contributed by atoms with Crippen molar-refractivity contribution in [2.24, 2.45) is 5.92 Å². The lowest BCUT2D eigenvalue weighted by molar-refractivity contribution is 0.535. The van der Waals surface area contributed by atoms with Crippen LogP contribution in [0, 0.1) is 12.8 Å². The molecule has 2 aromatic rings. The van der Waals surface area contributed by atoms with Crippen molar-refractivity contribution in [1.82, 2.24) is 0 Å². The molecule has 19 heavy (non-hydrogen) atoms. The highest BCUT2D eigenvalue weighted by Gasteiger charge is 2.18. The fourth-order valence-corrected chi connectivity index (χ4v) is 2.94. The van der Waals surface area contributed by atoms with E-state index in [1.165, 1.54) is 22.4 Å². The smallest absolute Gasteiger partial charge is 0.0410 e. The molecule has 1 heterocycles. The predicted molar refractivity (Wildman–Crippen MR) is 82.0 cm³/mol. The number of benzene rings is 2. The van der Waals surface area contributed by atoms with E-state index in [0.29, 0.717) is 5.92 Å². The average Bonchev–Trinajstić information content (AvgIpc) is 2.41. The molecule has 0 radical (unpaired) electrons. The molecule has 0 amide bonds. The predicted octanol–water partition coefficient (Wildman–Crippen LogP) is 4.48. The lowest BCUT2D eigenvalue weighted by Crippen LogP contribution is -2.24. The van der Waals surface area contributed by atoms with E-state index in [1.807, 2.05) is 6.07 Å². The second-order valence-corrected chi connectivity index (χ2v) is 5.88. The first-order valence-electron chi connectivity index (χ1n) is 6.78. The topological polar surface area (TPSA) is 12.0 Å². The molecular formula is C17H18ClN. The van der Waals surface area contributed by atoms with E-state index < -0.39 is 0 Å². The molecule has 98 valence electrons. The molecule has 1 aliphatic rings. The van der Waals surface area contributed by atoms with Crippen molar-refractivity contribution in [3.8, 4) is 0 Å². The maximum absolute atomic E-state index is 6.07. The molecule has 0 fully saturated rings. The fourth-order valence-electron chi connectivity index (χ4n) is 2.74. The van der Waals surface area contributed by atoms with Crippen molar-refractivity contribution in [3.63, 3.8) is 0 Å². The number of aryl methyl sites for hydroxylation is 1. The van der Waals surface area contributed by atoms with Crippen molar-refractivity contribution >= 4 is 17.3 Å². The lowest BCUT2D eigenvalue weighted by Gasteiger charge is -2.26. The van der Waals surface area contributed by atoms with Crippen molar-refractivity contribution in [1.29, 1.82) is 0 Å². The Labute approximate surface area is 119 Å². The third-order valence-electron chi connectivity index (χ3n) is 3.80. The summed E-state index contributed by atoms with van der Waals surface area (Å²) in [7, 11) is 0. The molecule has 0 spiro atoms.